The Kier molecular flexibility index (Phi) is 4.20. The van der Waals surface area contributed by atoms with Crippen molar-refractivity contribution in [2.45, 2.75) is 13.3 Å². The van der Waals surface area contributed by atoms with E-state index in [2.05, 4.69) is 15.9 Å². The standard InChI is InChI=1S/C15H12BrClO/c1-10-3-2-4-11(7-10)8-15(18)12-5-6-13(16)14(17)9-12/h2-7,9H,8H2,1H3. The van der Waals surface area contributed by atoms with Crippen molar-refractivity contribution in [2.75, 3.05) is 0 Å². The van der Waals surface area contributed by atoms with Crippen LogP contribution >= 0.6 is 27.5 Å². The van der Waals surface area contributed by atoms with Crippen molar-refractivity contribution in [1.29, 1.82) is 0 Å². The number of halogens is 2. The van der Waals surface area contributed by atoms with E-state index in [9.17, 15) is 4.79 Å². The van der Waals surface area contributed by atoms with Gasteiger partial charge >= 0.3 is 0 Å². The van der Waals surface area contributed by atoms with Gasteiger partial charge in [-0.2, -0.15) is 0 Å². The Morgan fingerprint density at radius 3 is 2.67 bits per heavy atom. The number of hydrogen-bond acceptors (Lipinski definition) is 1. The van der Waals surface area contributed by atoms with Crippen molar-refractivity contribution in [3.8, 4) is 0 Å². The second kappa shape index (κ2) is 5.68. The quantitative estimate of drug-likeness (QED) is 0.739. The summed E-state index contributed by atoms with van der Waals surface area (Å²) in [4.78, 5) is 12.1. The predicted octanol–water partition coefficient (Wildman–Crippen LogP) is 4.84. The highest BCUT2D eigenvalue weighted by atomic mass is 79.9. The highest BCUT2D eigenvalue weighted by Gasteiger charge is 2.09. The predicted molar refractivity (Wildman–Crippen MR) is 78.4 cm³/mol. The largest absolute Gasteiger partial charge is 0.294 e. The minimum atomic E-state index is 0.0787. The molecule has 2 rings (SSSR count). The third-order valence-electron chi connectivity index (χ3n) is 2.69. The number of carbonyl (C=O) groups excluding carboxylic acids is 1. The lowest BCUT2D eigenvalue weighted by Gasteiger charge is -2.04. The summed E-state index contributed by atoms with van der Waals surface area (Å²) in [5.74, 6) is 0.0787. The number of Topliss-reactive ketones (excluding diaryl/α,β-unsaturated/α-hetero) is 1. The van der Waals surface area contributed by atoms with Crippen molar-refractivity contribution >= 4 is 33.3 Å². The van der Waals surface area contributed by atoms with E-state index in [1.165, 1.54) is 0 Å². The van der Waals surface area contributed by atoms with Gasteiger partial charge in [0, 0.05) is 16.5 Å². The molecule has 2 aromatic carbocycles. The second-order valence-electron chi connectivity index (χ2n) is 4.22. The molecule has 0 saturated heterocycles. The van der Waals surface area contributed by atoms with E-state index in [0.717, 1.165) is 15.6 Å². The molecule has 0 aliphatic rings. The highest BCUT2D eigenvalue weighted by Crippen LogP contribution is 2.23. The average molecular weight is 324 g/mol. The van der Waals surface area contributed by atoms with Gasteiger partial charge < -0.3 is 0 Å². The lowest BCUT2D eigenvalue weighted by atomic mass is 10.0. The van der Waals surface area contributed by atoms with Crippen LogP contribution in [0.3, 0.4) is 0 Å². The van der Waals surface area contributed by atoms with Gasteiger partial charge in [0.05, 0.1) is 5.02 Å². The van der Waals surface area contributed by atoms with Crippen LogP contribution in [0.2, 0.25) is 5.02 Å². The molecule has 0 aromatic heterocycles. The topological polar surface area (TPSA) is 17.1 Å². The Balaban J connectivity index is 2.19. The molecule has 92 valence electrons. The molecule has 0 N–H and O–H groups in total. The summed E-state index contributed by atoms with van der Waals surface area (Å²) in [5, 5.41) is 0.560. The fraction of sp³-hybridized carbons (Fsp3) is 0.133. The molecule has 0 heterocycles. The molecule has 0 aliphatic carbocycles. The first-order valence-electron chi connectivity index (χ1n) is 5.60. The van der Waals surface area contributed by atoms with Crippen LogP contribution in [0.1, 0.15) is 21.5 Å². The van der Waals surface area contributed by atoms with Gasteiger partial charge in [0.25, 0.3) is 0 Å². The zero-order valence-electron chi connectivity index (χ0n) is 9.91. The first-order chi connectivity index (χ1) is 8.56. The second-order valence-corrected chi connectivity index (χ2v) is 5.48. The molecule has 0 fully saturated rings. The van der Waals surface area contributed by atoms with Gasteiger partial charge in [-0.25, -0.2) is 0 Å². The number of hydrogen-bond donors (Lipinski definition) is 0. The first-order valence-corrected chi connectivity index (χ1v) is 6.77. The third-order valence-corrected chi connectivity index (χ3v) is 3.92. The van der Waals surface area contributed by atoms with Gasteiger partial charge in [0.15, 0.2) is 5.78 Å². The smallest absolute Gasteiger partial charge is 0.167 e. The summed E-state index contributed by atoms with van der Waals surface area (Å²) in [6.45, 7) is 2.02. The number of ketones is 1. The zero-order chi connectivity index (χ0) is 13.1. The minimum absolute atomic E-state index is 0.0787. The minimum Gasteiger partial charge on any atom is -0.294 e. The Hall–Kier alpha value is -1.12. The molecule has 1 nitrogen and oxygen atoms in total. The number of benzene rings is 2. The van der Waals surface area contributed by atoms with Crippen molar-refractivity contribution in [1.82, 2.24) is 0 Å². The maximum absolute atomic E-state index is 12.1. The fourth-order valence-electron chi connectivity index (χ4n) is 1.78. The van der Waals surface area contributed by atoms with Crippen LogP contribution in [0.25, 0.3) is 0 Å². The number of carbonyl (C=O) groups is 1. The van der Waals surface area contributed by atoms with Crippen molar-refractivity contribution in [3.63, 3.8) is 0 Å². The summed E-state index contributed by atoms with van der Waals surface area (Å²) < 4.78 is 0.802. The van der Waals surface area contributed by atoms with Crippen LogP contribution in [0.5, 0.6) is 0 Å². The van der Waals surface area contributed by atoms with Crippen LogP contribution in [-0.2, 0) is 6.42 Å². The van der Waals surface area contributed by atoms with Gasteiger partial charge in [0.2, 0.25) is 0 Å². The van der Waals surface area contributed by atoms with E-state index in [1.807, 2.05) is 31.2 Å². The molecule has 0 amide bonds. The molecule has 0 aliphatic heterocycles. The van der Waals surface area contributed by atoms with Gasteiger partial charge in [-0.1, -0.05) is 47.5 Å². The van der Waals surface area contributed by atoms with E-state index in [0.29, 0.717) is 17.0 Å². The van der Waals surface area contributed by atoms with Crippen molar-refractivity contribution < 1.29 is 4.79 Å². The van der Waals surface area contributed by atoms with E-state index in [4.69, 9.17) is 11.6 Å². The highest BCUT2D eigenvalue weighted by molar-refractivity contribution is 9.10. The summed E-state index contributed by atoms with van der Waals surface area (Å²) in [7, 11) is 0. The molecule has 0 saturated carbocycles. The lowest BCUT2D eigenvalue weighted by Crippen LogP contribution is -2.03. The molecule has 0 unspecified atom stereocenters. The summed E-state index contributed by atoms with van der Waals surface area (Å²) in [5.41, 5.74) is 2.83. The van der Waals surface area contributed by atoms with Crippen LogP contribution < -0.4 is 0 Å². The Morgan fingerprint density at radius 1 is 1.22 bits per heavy atom. The van der Waals surface area contributed by atoms with Gasteiger partial charge in [-0.05, 0) is 40.5 Å². The van der Waals surface area contributed by atoms with Crippen LogP contribution in [-0.4, -0.2) is 5.78 Å². The monoisotopic (exact) mass is 322 g/mol. The Labute approximate surface area is 120 Å². The zero-order valence-corrected chi connectivity index (χ0v) is 12.3. The maximum Gasteiger partial charge on any atom is 0.167 e. The molecule has 0 bridgehead atoms. The Morgan fingerprint density at radius 2 is 2.00 bits per heavy atom. The van der Waals surface area contributed by atoms with E-state index < -0.39 is 0 Å². The number of rotatable bonds is 3. The molecule has 0 atom stereocenters. The Bertz CT molecular complexity index is 593. The number of aryl methyl sites for hydroxylation is 1. The van der Waals surface area contributed by atoms with Crippen LogP contribution in [0, 0.1) is 6.92 Å². The molecule has 3 heteroatoms. The van der Waals surface area contributed by atoms with Crippen molar-refractivity contribution in [2.24, 2.45) is 0 Å². The van der Waals surface area contributed by atoms with E-state index in [-0.39, 0.29) is 5.78 Å². The summed E-state index contributed by atoms with van der Waals surface area (Å²) in [6.07, 6.45) is 0.402. The summed E-state index contributed by atoms with van der Waals surface area (Å²) >= 11 is 9.30. The molecule has 2 aromatic rings. The lowest BCUT2D eigenvalue weighted by molar-refractivity contribution is 0.0993. The van der Waals surface area contributed by atoms with E-state index >= 15 is 0 Å². The van der Waals surface area contributed by atoms with Gasteiger partial charge in [-0.3, -0.25) is 4.79 Å². The van der Waals surface area contributed by atoms with Crippen LogP contribution in [0.4, 0.5) is 0 Å². The van der Waals surface area contributed by atoms with Gasteiger partial charge in [-0.15, -0.1) is 0 Å². The molecule has 18 heavy (non-hydrogen) atoms. The van der Waals surface area contributed by atoms with Crippen molar-refractivity contribution in [3.05, 3.63) is 68.7 Å². The molecule has 0 radical (unpaired) electrons. The molecular weight excluding hydrogens is 312 g/mol. The van der Waals surface area contributed by atoms with Crippen LogP contribution in [0.15, 0.2) is 46.9 Å². The average Bonchev–Trinajstić information content (AvgIpc) is 2.32. The van der Waals surface area contributed by atoms with Gasteiger partial charge in [0.1, 0.15) is 0 Å². The molecule has 0 spiro atoms. The summed E-state index contributed by atoms with van der Waals surface area (Å²) in [6, 6.07) is 13.3. The first kappa shape index (κ1) is 13.3. The SMILES string of the molecule is Cc1cccc(CC(=O)c2ccc(Br)c(Cl)c2)c1. The third kappa shape index (κ3) is 3.21. The maximum atomic E-state index is 12.1. The fourth-order valence-corrected chi connectivity index (χ4v) is 2.21. The molecular formula is C15H12BrClO. The van der Waals surface area contributed by atoms with E-state index in [1.54, 1.807) is 18.2 Å². The normalized spacial score (nSPS) is 10.4.